The summed E-state index contributed by atoms with van der Waals surface area (Å²) in [5, 5.41) is 16.4. The number of tetrazole rings is 1. The van der Waals surface area contributed by atoms with Crippen LogP contribution in [0.3, 0.4) is 0 Å². The Bertz CT molecular complexity index is 708. The van der Waals surface area contributed by atoms with E-state index in [4.69, 9.17) is 0 Å². The summed E-state index contributed by atoms with van der Waals surface area (Å²) >= 11 is 1.57. The van der Waals surface area contributed by atoms with E-state index in [1.807, 2.05) is 47.8 Å². The van der Waals surface area contributed by atoms with Crippen LogP contribution in [-0.4, -0.2) is 26.1 Å². The highest BCUT2D eigenvalue weighted by molar-refractivity contribution is 7.10. The molecule has 1 N–H and O–H groups in total. The van der Waals surface area contributed by atoms with E-state index in [0.717, 1.165) is 10.6 Å². The van der Waals surface area contributed by atoms with Crippen LogP contribution in [0.4, 0.5) is 0 Å². The molecule has 0 radical (unpaired) electrons. The van der Waals surface area contributed by atoms with Gasteiger partial charge in [-0.25, -0.2) is 0 Å². The molecular formula is C14H13N5OS. The minimum absolute atomic E-state index is 0.0416. The van der Waals surface area contributed by atoms with Crippen molar-refractivity contribution < 1.29 is 4.79 Å². The molecule has 3 rings (SSSR count). The Kier molecular flexibility index (Phi) is 4.02. The number of amides is 1. The topological polar surface area (TPSA) is 72.7 Å². The standard InChI is InChI=1S/C14H13N5OS/c20-14(9-12-7-4-8-21-12)15-10-13-16-17-18-19(13)11-5-2-1-3-6-11/h1-8H,9-10H2,(H,15,20). The predicted molar refractivity (Wildman–Crippen MR) is 79.0 cm³/mol. The normalized spacial score (nSPS) is 10.5. The van der Waals surface area contributed by atoms with Crippen molar-refractivity contribution in [2.24, 2.45) is 0 Å². The molecule has 7 heteroatoms. The van der Waals surface area contributed by atoms with Crippen LogP contribution in [0.25, 0.3) is 5.69 Å². The molecule has 0 bridgehead atoms. The van der Waals surface area contributed by atoms with Crippen LogP contribution < -0.4 is 5.32 Å². The maximum atomic E-state index is 11.9. The Morgan fingerprint density at radius 1 is 1.19 bits per heavy atom. The Hall–Kier alpha value is -2.54. The van der Waals surface area contributed by atoms with Crippen LogP contribution >= 0.6 is 11.3 Å². The average Bonchev–Trinajstić information content (AvgIpc) is 3.17. The summed E-state index contributed by atoms with van der Waals surface area (Å²) in [6.07, 6.45) is 0.380. The molecule has 3 aromatic rings. The van der Waals surface area contributed by atoms with Gasteiger partial charge in [0, 0.05) is 4.88 Å². The van der Waals surface area contributed by atoms with Crippen molar-refractivity contribution in [3.8, 4) is 5.69 Å². The minimum Gasteiger partial charge on any atom is -0.348 e. The van der Waals surface area contributed by atoms with Gasteiger partial charge in [0.1, 0.15) is 0 Å². The first-order chi connectivity index (χ1) is 10.3. The lowest BCUT2D eigenvalue weighted by atomic mass is 10.3. The molecule has 0 aliphatic rings. The van der Waals surface area contributed by atoms with Crippen molar-refractivity contribution in [1.29, 1.82) is 0 Å². The van der Waals surface area contributed by atoms with Gasteiger partial charge in [-0.15, -0.1) is 16.4 Å². The number of hydrogen-bond acceptors (Lipinski definition) is 5. The van der Waals surface area contributed by atoms with Crippen molar-refractivity contribution in [1.82, 2.24) is 25.5 Å². The number of benzene rings is 1. The summed E-state index contributed by atoms with van der Waals surface area (Å²) in [6, 6.07) is 13.4. The second kappa shape index (κ2) is 6.27. The summed E-state index contributed by atoms with van der Waals surface area (Å²) in [7, 11) is 0. The summed E-state index contributed by atoms with van der Waals surface area (Å²) in [5.41, 5.74) is 0.866. The Morgan fingerprint density at radius 3 is 2.81 bits per heavy atom. The Labute approximate surface area is 125 Å². The van der Waals surface area contributed by atoms with Gasteiger partial charge in [-0.2, -0.15) is 4.68 Å². The lowest BCUT2D eigenvalue weighted by Gasteiger charge is -2.05. The third-order valence-corrected chi connectivity index (χ3v) is 3.77. The van der Waals surface area contributed by atoms with Crippen LogP contribution in [0.1, 0.15) is 10.7 Å². The largest absolute Gasteiger partial charge is 0.348 e. The smallest absolute Gasteiger partial charge is 0.225 e. The van der Waals surface area contributed by atoms with E-state index < -0.39 is 0 Å². The first-order valence-electron chi connectivity index (χ1n) is 6.45. The third-order valence-electron chi connectivity index (χ3n) is 2.89. The second-order valence-electron chi connectivity index (χ2n) is 4.38. The van der Waals surface area contributed by atoms with Gasteiger partial charge in [0.05, 0.1) is 18.7 Å². The zero-order valence-corrected chi connectivity index (χ0v) is 12.0. The van der Waals surface area contributed by atoms with Crippen LogP contribution in [0.15, 0.2) is 47.8 Å². The SMILES string of the molecule is O=C(Cc1cccs1)NCc1nnnn1-c1ccccc1. The van der Waals surface area contributed by atoms with E-state index in [2.05, 4.69) is 20.8 Å². The van der Waals surface area contributed by atoms with Crippen LogP contribution in [0, 0.1) is 0 Å². The van der Waals surface area contributed by atoms with E-state index in [0.29, 0.717) is 18.8 Å². The molecule has 6 nitrogen and oxygen atoms in total. The van der Waals surface area contributed by atoms with E-state index >= 15 is 0 Å². The molecule has 1 aromatic carbocycles. The van der Waals surface area contributed by atoms with Gasteiger partial charge in [0.15, 0.2) is 5.82 Å². The van der Waals surface area contributed by atoms with Crippen molar-refractivity contribution >= 4 is 17.2 Å². The van der Waals surface area contributed by atoms with E-state index in [9.17, 15) is 4.79 Å². The van der Waals surface area contributed by atoms with Crippen LogP contribution in [-0.2, 0) is 17.8 Å². The number of rotatable bonds is 5. The first kappa shape index (κ1) is 13.4. The molecule has 0 saturated carbocycles. The predicted octanol–water partition coefficient (Wildman–Crippen LogP) is 1.58. The van der Waals surface area contributed by atoms with Gasteiger partial charge in [-0.05, 0) is 34.0 Å². The number of nitrogens with zero attached hydrogens (tertiary/aromatic N) is 4. The monoisotopic (exact) mass is 299 g/mol. The Morgan fingerprint density at radius 2 is 2.05 bits per heavy atom. The van der Waals surface area contributed by atoms with Gasteiger partial charge in [-0.1, -0.05) is 24.3 Å². The molecule has 0 unspecified atom stereocenters. The quantitative estimate of drug-likeness (QED) is 0.776. The van der Waals surface area contributed by atoms with Crippen molar-refractivity contribution in [2.75, 3.05) is 0 Å². The Balaban J connectivity index is 1.64. The van der Waals surface area contributed by atoms with Gasteiger partial charge in [0.2, 0.25) is 5.91 Å². The number of aromatic nitrogens is 4. The second-order valence-corrected chi connectivity index (χ2v) is 5.41. The molecule has 0 fully saturated rings. The fourth-order valence-electron chi connectivity index (χ4n) is 1.90. The number of thiophene rings is 1. The number of carbonyl (C=O) groups is 1. The summed E-state index contributed by atoms with van der Waals surface area (Å²) < 4.78 is 1.62. The van der Waals surface area contributed by atoms with Gasteiger partial charge >= 0.3 is 0 Å². The fourth-order valence-corrected chi connectivity index (χ4v) is 2.60. The van der Waals surface area contributed by atoms with E-state index in [1.165, 1.54) is 0 Å². The van der Waals surface area contributed by atoms with E-state index in [-0.39, 0.29) is 5.91 Å². The highest BCUT2D eigenvalue weighted by atomic mass is 32.1. The maximum Gasteiger partial charge on any atom is 0.225 e. The summed E-state index contributed by atoms with van der Waals surface area (Å²) in [6.45, 7) is 0.298. The van der Waals surface area contributed by atoms with Gasteiger partial charge < -0.3 is 5.32 Å². The molecular weight excluding hydrogens is 286 g/mol. The third kappa shape index (κ3) is 3.32. The maximum absolute atomic E-state index is 11.9. The molecule has 21 heavy (non-hydrogen) atoms. The summed E-state index contributed by atoms with van der Waals surface area (Å²) in [4.78, 5) is 12.9. The molecule has 0 atom stereocenters. The van der Waals surface area contributed by atoms with E-state index in [1.54, 1.807) is 16.0 Å². The lowest BCUT2D eigenvalue weighted by molar-refractivity contribution is -0.120. The fraction of sp³-hybridized carbons (Fsp3) is 0.143. The van der Waals surface area contributed by atoms with Gasteiger partial charge in [-0.3, -0.25) is 4.79 Å². The zero-order chi connectivity index (χ0) is 14.5. The molecule has 0 saturated heterocycles. The van der Waals surface area contributed by atoms with Crippen LogP contribution in [0.5, 0.6) is 0 Å². The number of hydrogen-bond donors (Lipinski definition) is 1. The number of carbonyl (C=O) groups excluding carboxylic acids is 1. The molecule has 1 amide bonds. The van der Waals surface area contributed by atoms with Crippen molar-refractivity contribution in [2.45, 2.75) is 13.0 Å². The molecule has 0 aliphatic heterocycles. The highest BCUT2D eigenvalue weighted by Crippen LogP contribution is 2.09. The molecule has 2 aromatic heterocycles. The zero-order valence-electron chi connectivity index (χ0n) is 11.1. The minimum atomic E-state index is -0.0416. The molecule has 0 aliphatic carbocycles. The number of nitrogens with one attached hydrogen (secondary N) is 1. The van der Waals surface area contributed by atoms with Gasteiger partial charge in [0.25, 0.3) is 0 Å². The highest BCUT2D eigenvalue weighted by Gasteiger charge is 2.10. The average molecular weight is 299 g/mol. The lowest BCUT2D eigenvalue weighted by Crippen LogP contribution is -2.26. The van der Waals surface area contributed by atoms with Crippen molar-refractivity contribution in [3.05, 3.63) is 58.5 Å². The first-order valence-corrected chi connectivity index (χ1v) is 7.32. The summed E-state index contributed by atoms with van der Waals surface area (Å²) in [5.74, 6) is 0.556. The number of para-hydroxylation sites is 1. The van der Waals surface area contributed by atoms with Crippen molar-refractivity contribution in [3.63, 3.8) is 0 Å². The molecule has 0 spiro atoms. The molecule has 106 valence electrons. The molecule has 2 heterocycles. The van der Waals surface area contributed by atoms with Crippen LogP contribution in [0.2, 0.25) is 0 Å².